The van der Waals surface area contributed by atoms with Crippen molar-refractivity contribution in [2.75, 3.05) is 44.3 Å². The number of alkyl carbamates (subject to hydrolysis) is 1. The molecule has 0 bridgehead atoms. The summed E-state index contributed by atoms with van der Waals surface area (Å²) in [5.41, 5.74) is 2.11. The number of hydrogen-bond acceptors (Lipinski definition) is 13. The molecule has 0 unspecified atom stereocenters. The monoisotopic (exact) mass is 620 g/mol. The number of anilines is 3. The standard InChI is InChI=1S/C23H26ClN10O7P/c1-27-10-17-21-28-9-14(8-26)34(21)32-22(30-17)29-16-5-13(7-25)6-18(20(16)24)33-4-3-15(31-23(35)39-2)19(11-33)40-12-41-42(36,37)38/h5-6,9,15,19,27H,3-4,10-12H2,1-2H3,(H,29,32)(H,31,35)(H2,36,37,38)/t15-,19-/m1/s1. The van der Waals surface area contributed by atoms with E-state index in [1.54, 1.807) is 18.0 Å². The van der Waals surface area contributed by atoms with Crippen molar-refractivity contribution < 1.29 is 33.1 Å². The first kappa shape index (κ1) is 30.9. The topological polar surface area (TPSA) is 232 Å². The molecule has 0 aliphatic carbocycles. The predicted octanol–water partition coefficient (Wildman–Crippen LogP) is 1.37. The van der Waals surface area contributed by atoms with Gasteiger partial charge in [-0.15, -0.1) is 5.10 Å². The van der Waals surface area contributed by atoms with E-state index in [1.807, 2.05) is 6.07 Å². The number of phosphoric acid groups is 1. The highest BCUT2D eigenvalue weighted by atomic mass is 35.5. The predicted molar refractivity (Wildman–Crippen MR) is 147 cm³/mol. The molecule has 5 N–H and O–H groups in total. The van der Waals surface area contributed by atoms with Gasteiger partial charge in [0.1, 0.15) is 11.8 Å². The zero-order valence-electron chi connectivity index (χ0n) is 22.3. The van der Waals surface area contributed by atoms with Crippen LogP contribution in [-0.2, 0) is 25.1 Å². The van der Waals surface area contributed by atoms with Crippen LogP contribution in [0.3, 0.4) is 0 Å². The lowest BCUT2D eigenvalue weighted by atomic mass is 10.0. The molecule has 1 fully saturated rings. The summed E-state index contributed by atoms with van der Waals surface area (Å²) in [5.74, 6) is 0.0990. The number of fused-ring (bicyclic) bond motifs is 1. The molecule has 1 aromatic carbocycles. The van der Waals surface area contributed by atoms with Crippen molar-refractivity contribution >= 4 is 48.5 Å². The number of methoxy groups -OCH3 is 1. The Hall–Kier alpha value is -4.06. The van der Waals surface area contributed by atoms with E-state index in [1.165, 1.54) is 23.9 Å². The van der Waals surface area contributed by atoms with Crippen molar-refractivity contribution in [1.82, 2.24) is 30.2 Å². The third-order valence-corrected chi connectivity index (χ3v) is 7.05. The summed E-state index contributed by atoms with van der Waals surface area (Å²) in [5, 5.41) is 32.5. The Morgan fingerprint density at radius 2 is 2.10 bits per heavy atom. The molecule has 1 amide bonds. The van der Waals surface area contributed by atoms with Gasteiger partial charge in [0.2, 0.25) is 5.95 Å². The number of halogens is 1. The van der Waals surface area contributed by atoms with Crippen LogP contribution < -0.4 is 20.9 Å². The van der Waals surface area contributed by atoms with Gasteiger partial charge < -0.3 is 40.1 Å². The molecular formula is C23H26ClN10O7P. The molecule has 3 heterocycles. The van der Waals surface area contributed by atoms with Crippen molar-refractivity contribution in [3.05, 3.63) is 40.3 Å². The third-order valence-electron chi connectivity index (χ3n) is 6.21. The Kier molecular flexibility index (Phi) is 9.77. The van der Waals surface area contributed by atoms with E-state index >= 15 is 0 Å². The van der Waals surface area contributed by atoms with Gasteiger partial charge in [-0.05, 0) is 25.6 Å². The van der Waals surface area contributed by atoms with Crippen LogP contribution in [0.15, 0.2) is 18.3 Å². The highest BCUT2D eigenvalue weighted by Crippen LogP contribution is 2.38. The number of carbonyl (C=O) groups is 1. The minimum absolute atomic E-state index is 0.0990. The van der Waals surface area contributed by atoms with E-state index < -0.39 is 32.9 Å². The number of nitrogens with one attached hydrogen (secondary N) is 3. The van der Waals surface area contributed by atoms with Gasteiger partial charge in [0.05, 0.1) is 53.5 Å². The van der Waals surface area contributed by atoms with Gasteiger partial charge in [-0.25, -0.2) is 19.3 Å². The van der Waals surface area contributed by atoms with E-state index in [4.69, 9.17) is 26.1 Å². The number of nitrogens with zero attached hydrogens (tertiary/aromatic N) is 7. The highest BCUT2D eigenvalue weighted by Gasteiger charge is 2.33. The highest BCUT2D eigenvalue weighted by molar-refractivity contribution is 7.46. The molecule has 0 radical (unpaired) electrons. The molecule has 1 aliphatic heterocycles. The molecule has 42 heavy (non-hydrogen) atoms. The van der Waals surface area contributed by atoms with E-state index in [9.17, 15) is 19.9 Å². The van der Waals surface area contributed by atoms with Gasteiger partial charge in [0.25, 0.3) is 0 Å². The maximum atomic E-state index is 11.9. The van der Waals surface area contributed by atoms with Gasteiger partial charge in [-0.1, -0.05) is 11.6 Å². The molecule has 4 rings (SSSR count). The lowest BCUT2D eigenvalue weighted by Gasteiger charge is -2.40. The number of carbonyl (C=O) groups excluding carboxylic acids is 1. The van der Waals surface area contributed by atoms with Gasteiger partial charge >= 0.3 is 13.9 Å². The average molecular weight is 621 g/mol. The summed E-state index contributed by atoms with van der Waals surface area (Å²) in [6.45, 7) is 0.0515. The number of rotatable bonds is 10. The first-order valence-electron chi connectivity index (χ1n) is 12.3. The fraction of sp³-hybridized carbons (Fsp3) is 0.391. The van der Waals surface area contributed by atoms with Crippen LogP contribution >= 0.6 is 19.4 Å². The van der Waals surface area contributed by atoms with Crippen molar-refractivity contribution in [3.63, 3.8) is 0 Å². The summed E-state index contributed by atoms with van der Waals surface area (Å²) in [6, 6.07) is 6.63. The van der Waals surface area contributed by atoms with E-state index in [2.05, 4.69) is 46.3 Å². The second-order valence-electron chi connectivity index (χ2n) is 8.92. The van der Waals surface area contributed by atoms with Gasteiger partial charge in [0, 0.05) is 19.6 Å². The zero-order valence-corrected chi connectivity index (χ0v) is 24.0. The van der Waals surface area contributed by atoms with Crippen molar-refractivity contribution in [2.45, 2.75) is 25.1 Å². The van der Waals surface area contributed by atoms with E-state index in [-0.39, 0.29) is 28.8 Å². The Morgan fingerprint density at radius 3 is 2.76 bits per heavy atom. The minimum Gasteiger partial charge on any atom is -0.453 e. The lowest BCUT2D eigenvalue weighted by molar-refractivity contribution is -0.0620. The maximum Gasteiger partial charge on any atom is 0.471 e. The Bertz CT molecular complexity index is 1600. The summed E-state index contributed by atoms with van der Waals surface area (Å²) < 4.78 is 27.1. The SMILES string of the molecule is CNCc1nc(Nc2cc(C#N)cc(N3CC[C@@H](NC(=O)OC)[C@H](OCOP(=O)(O)O)C3)c2Cl)nn2c(C#N)cnc12. The molecule has 1 aliphatic rings. The minimum atomic E-state index is -4.80. The number of piperidine rings is 1. The number of aromatic nitrogens is 4. The van der Waals surface area contributed by atoms with Crippen LogP contribution in [0.25, 0.3) is 5.65 Å². The molecule has 2 atom stereocenters. The number of benzene rings is 1. The largest absolute Gasteiger partial charge is 0.471 e. The van der Waals surface area contributed by atoms with Crippen LogP contribution in [0.4, 0.5) is 22.1 Å². The summed E-state index contributed by atoms with van der Waals surface area (Å²) in [4.78, 5) is 40.4. The van der Waals surface area contributed by atoms with Gasteiger partial charge in [-0.2, -0.15) is 15.0 Å². The summed E-state index contributed by atoms with van der Waals surface area (Å²) in [7, 11) is -1.86. The van der Waals surface area contributed by atoms with E-state index in [0.717, 1.165) is 0 Å². The fourth-order valence-electron chi connectivity index (χ4n) is 4.34. The molecule has 3 aromatic rings. The number of amides is 1. The second kappa shape index (κ2) is 13.3. The van der Waals surface area contributed by atoms with E-state index in [0.29, 0.717) is 42.2 Å². The number of imidazole rings is 1. The maximum absolute atomic E-state index is 11.9. The number of nitriles is 2. The number of ether oxygens (including phenoxy) is 2. The quantitative estimate of drug-likeness (QED) is 0.159. The molecule has 222 valence electrons. The first-order chi connectivity index (χ1) is 20.1. The smallest absolute Gasteiger partial charge is 0.453 e. The van der Waals surface area contributed by atoms with Crippen LogP contribution in [0.2, 0.25) is 5.02 Å². The summed E-state index contributed by atoms with van der Waals surface area (Å²) >= 11 is 6.82. The molecule has 1 saturated heterocycles. The molecule has 0 spiro atoms. The van der Waals surface area contributed by atoms with Crippen LogP contribution in [0, 0.1) is 22.7 Å². The second-order valence-corrected chi connectivity index (χ2v) is 10.5. The molecular weight excluding hydrogens is 595 g/mol. The Morgan fingerprint density at radius 1 is 1.31 bits per heavy atom. The Labute approximate surface area is 244 Å². The third kappa shape index (κ3) is 7.22. The number of hydrogen-bond donors (Lipinski definition) is 5. The molecule has 0 saturated carbocycles. The van der Waals surface area contributed by atoms with Crippen molar-refractivity contribution in [1.29, 1.82) is 10.5 Å². The van der Waals surface area contributed by atoms with Gasteiger partial charge in [-0.3, -0.25) is 4.52 Å². The van der Waals surface area contributed by atoms with Crippen LogP contribution in [0.5, 0.6) is 0 Å². The van der Waals surface area contributed by atoms with Gasteiger partial charge in [0.15, 0.2) is 18.1 Å². The van der Waals surface area contributed by atoms with Crippen molar-refractivity contribution in [3.8, 4) is 12.1 Å². The van der Waals surface area contributed by atoms with Crippen LogP contribution in [0.1, 0.15) is 23.4 Å². The Balaban J connectivity index is 1.65. The normalized spacial score (nSPS) is 17.0. The lowest BCUT2D eigenvalue weighted by Crippen LogP contribution is -2.55. The zero-order chi connectivity index (χ0) is 30.4. The first-order valence-corrected chi connectivity index (χ1v) is 14.2. The fourth-order valence-corrected chi connectivity index (χ4v) is 4.81. The number of phosphoric ester groups is 1. The molecule has 17 nitrogen and oxygen atoms in total. The average Bonchev–Trinajstić information content (AvgIpc) is 3.37. The molecule has 19 heteroatoms. The molecule has 2 aromatic heterocycles. The van der Waals surface area contributed by atoms with Crippen LogP contribution in [-0.4, -0.2) is 81.6 Å². The summed E-state index contributed by atoms with van der Waals surface area (Å²) in [6.07, 6.45) is 0.205. The van der Waals surface area contributed by atoms with Crippen molar-refractivity contribution in [2.24, 2.45) is 0 Å².